The number of rotatable bonds is 5. The first-order valence-electron chi connectivity index (χ1n) is 6.55. The molecule has 94 valence electrons. The Bertz CT molecular complexity index is 331. The molecule has 1 atom stereocenters. The Morgan fingerprint density at radius 2 is 2.18 bits per heavy atom. The standard InChI is InChI=1S/C14H22N2S/c1-11(15-2)13-7-8-14(16-9-13)17-10-12-5-3-4-6-12/h7-9,11-12,15H,3-6,10H2,1-2H3. The van der Waals surface area contributed by atoms with Crippen molar-refractivity contribution in [2.24, 2.45) is 5.92 Å². The molecule has 17 heavy (non-hydrogen) atoms. The summed E-state index contributed by atoms with van der Waals surface area (Å²) in [4.78, 5) is 4.53. The molecule has 1 aliphatic rings. The van der Waals surface area contributed by atoms with Crippen LogP contribution in [0.2, 0.25) is 0 Å². The predicted octanol–water partition coefficient (Wildman–Crippen LogP) is 3.64. The van der Waals surface area contributed by atoms with Crippen LogP contribution < -0.4 is 5.32 Å². The molecule has 1 fully saturated rings. The van der Waals surface area contributed by atoms with Gasteiger partial charge in [0, 0.05) is 18.0 Å². The molecule has 0 amide bonds. The Morgan fingerprint density at radius 3 is 2.76 bits per heavy atom. The lowest BCUT2D eigenvalue weighted by Crippen LogP contribution is -2.12. The van der Waals surface area contributed by atoms with Gasteiger partial charge in [-0.2, -0.15) is 0 Å². The molecule has 3 heteroatoms. The molecule has 0 saturated heterocycles. The Balaban J connectivity index is 1.84. The molecule has 0 aromatic carbocycles. The zero-order valence-electron chi connectivity index (χ0n) is 10.8. The summed E-state index contributed by atoms with van der Waals surface area (Å²) in [6.45, 7) is 2.16. The zero-order chi connectivity index (χ0) is 12.1. The van der Waals surface area contributed by atoms with E-state index in [9.17, 15) is 0 Å². The van der Waals surface area contributed by atoms with Gasteiger partial charge in [-0.1, -0.05) is 18.9 Å². The topological polar surface area (TPSA) is 24.9 Å². The van der Waals surface area contributed by atoms with Gasteiger partial charge >= 0.3 is 0 Å². The molecule has 0 radical (unpaired) electrons. The van der Waals surface area contributed by atoms with E-state index in [1.54, 1.807) is 0 Å². The molecule has 1 aliphatic carbocycles. The highest BCUT2D eigenvalue weighted by molar-refractivity contribution is 7.99. The van der Waals surface area contributed by atoms with E-state index in [-0.39, 0.29) is 0 Å². The average molecular weight is 250 g/mol. The molecule has 0 spiro atoms. The first kappa shape index (κ1) is 12.9. The van der Waals surface area contributed by atoms with E-state index in [0.29, 0.717) is 6.04 Å². The van der Waals surface area contributed by atoms with Gasteiger partial charge in [-0.05, 0) is 44.4 Å². The smallest absolute Gasteiger partial charge is 0.0960 e. The molecule has 2 nitrogen and oxygen atoms in total. The molecule has 1 saturated carbocycles. The minimum Gasteiger partial charge on any atom is -0.313 e. The highest BCUT2D eigenvalue weighted by Gasteiger charge is 2.15. The van der Waals surface area contributed by atoms with Crippen molar-refractivity contribution in [3.05, 3.63) is 23.9 Å². The van der Waals surface area contributed by atoms with Crippen LogP contribution in [0.1, 0.15) is 44.2 Å². The van der Waals surface area contributed by atoms with Gasteiger partial charge in [0.25, 0.3) is 0 Å². The second-order valence-corrected chi connectivity index (χ2v) is 5.94. The molecule has 1 unspecified atom stereocenters. The number of nitrogens with zero attached hydrogens (tertiary/aromatic N) is 1. The van der Waals surface area contributed by atoms with Gasteiger partial charge in [-0.3, -0.25) is 0 Å². The predicted molar refractivity (Wildman–Crippen MR) is 74.4 cm³/mol. The third-order valence-electron chi connectivity index (χ3n) is 3.63. The summed E-state index contributed by atoms with van der Waals surface area (Å²) in [5, 5.41) is 4.40. The number of nitrogens with one attached hydrogen (secondary N) is 1. The van der Waals surface area contributed by atoms with Crippen LogP contribution in [-0.4, -0.2) is 17.8 Å². The largest absolute Gasteiger partial charge is 0.313 e. The molecule has 2 rings (SSSR count). The number of pyridine rings is 1. The van der Waals surface area contributed by atoms with E-state index in [2.05, 4.69) is 29.4 Å². The van der Waals surface area contributed by atoms with E-state index in [1.807, 2.05) is 25.0 Å². The molecule has 0 bridgehead atoms. The average Bonchev–Trinajstić information content (AvgIpc) is 2.89. The van der Waals surface area contributed by atoms with Crippen LogP contribution in [-0.2, 0) is 0 Å². The van der Waals surface area contributed by atoms with Gasteiger partial charge in [0.05, 0.1) is 5.03 Å². The minimum atomic E-state index is 0.386. The lowest BCUT2D eigenvalue weighted by atomic mass is 10.1. The fourth-order valence-corrected chi connectivity index (χ4v) is 3.31. The summed E-state index contributed by atoms with van der Waals surface area (Å²) >= 11 is 1.91. The molecular weight excluding hydrogens is 228 g/mol. The number of aromatic nitrogens is 1. The van der Waals surface area contributed by atoms with E-state index in [4.69, 9.17) is 0 Å². The van der Waals surface area contributed by atoms with Crippen LogP contribution in [0.5, 0.6) is 0 Å². The van der Waals surface area contributed by atoms with Crippen LogP contribution in [0.25, 0.3) is 0 Å². The summed E-state index contributed by atoms with van der Waals surface area (Å²) in [6.07, 6.45) is 7.69. The summed E-state index contributed by atoms with van der Waals surface area (Å²) in [5.41, 5.74) is 1.26. The van der Waals surface area contributed by atoms with Crippen molar-refractivity contribution >= 4 is 11.8 Å². The maximum absolute atomic E-state index is 4.53. The number of hydrogen-bond acceptors (Lipinski definition) is 3. The van der Waals surface area contributed by atoms with Gasteiger partial charge in [-0.25, -0.2) is 4.98 Å². The van der Waals surface area contributed by atoms with Crippen molar-refractivity contribution in [2.45, 2.75) is 43.7 Å². The van der Waals surface area contributed by atoms with Gasteiger partial charge in [0.15, 0.2) is 0 Å². The van der Waals surface area contributed by atoms with E-state index >= 15 is 0 Å². The molecule has 1 N–H and O–H groups in total. The minimum absolute atomic E-state index is 0.386. The third kappa shape index (κ3) is 3.71. The third-order valence-corrected chi connectivity index (χ3v) is 4.81. The molecule has 1 aromatic heterocycles. The molecule has 1 heterocycles. The van der Waals surface area contributed by atoms with Crippen molar-refractivity contribution in [1.29, 1.82) is 0 Å². The number of thioether (sulfide) groups is 1. The van der Waals surface area contributed by atoms with Gasteiger partial charge in [0.2, 0.25) is 0 Å². The normalized spacial score (nSPS) is 18.5. The van der Waals surface area contributed by atoms with Crippen LogP contribution in [0.3, 0.4) is 0 Å². The molecule has 0 aliphatic heterocycles. The molecule has 1 aromatic rings. The first-order valence-corrected chi connectivity index (χ1v) is 7.54. The second-order valence-electron chi connectivity index (χ2n) is 4.90. The van der Waals surface area contributed by atoms with E-state index < -0.39 is 0 Å². The highest BCUT2D eigenvalue weighted by Crippen LogP contribution is 2.30. The Morgan fingerprint density at radius 1 is 1.41 bits per heavy atom. The maximum atomic E-state index is 4.53. The summed E-state index contributed by atoms with van der Waals surface area (Å²) in [5.74, 6) is 2.17. The number of hydrogen-bond donors (Lipinski definition) is 1. The van der Waals surface area contributed by atoms with Crippen molar-refractivity contribution in [3.63, 3.8) is 0 Å². The van der Waals surface area contributed by atoms with Crippen molar-refractivity contribution < 1.29 is 0 Å². The molecular formula is C14H22N2S. The van der Waals surface area contributed by atoms with Crippen molar-refractivity contribution in [1.82, 2.24) is 10.3 Å². The first-order chi connectivity index (χ1) is 8.29. The van der Waals surface area contributed by atoms with Crippen LogP contribution in [0, 0.1) is 5.92 Å². The van der Waals surface area contributed by atoms with E-state index in [0.717, 1.165) is 5.92 Å². The summed E-state index contributed by atoms with van der Waals surface area (Å²) in [6, 6.07) is 4.73. The lowest BCUT2D eigenvalue weighted by Gasteiger charge is -2.11. The van der Waals surface area contributed by atoms with Crippen LogP contribution in [0.15, 0.2) is 23.4 Å². The fourth-order valence-electron chi connectivity index (χ4n) is 2.28. The van der Waals surface area contributed by atoms with Gasteiger partial charge < -0.3 is 5.32 Å². The SMILES string of the molecule is CNC(C)c1ccc(SCC2CCCC2)nc1. The Labute approximate surface area is 109 Å². The van der Waals surface area contributed by atoms with Crippen molar-refractivity contribution in [3.8, 4) is 0 Å². The Hall–Kier alpha value is -0.540. The highest BCUT2D eigenvalue weighted by atomic mass is 32.2. The monoisotopic (exact) mass is 250 g/mol. The zero-order valence-corrected chi connectivity index (χ0v) is 11.6. The quantitative estimate of drug-likeness (QED) is 0.808. The lowest BCUT2D eigenvalue weighted by molar-refractivity contribution is 0.622. The summed E-state index contributed by atoms with van der Waals surface area (Å²) in [7, 11) is 1.98. The van der Waals surface area contributed by atoms with E-state index in [1.165, 1.54) is 42.0 Å². The second kappa shape index (κ2) is 6.41. The fraction of sp³-hybridized carbons (Fsp3) is 0.643. The van der Waals surface area contributed by atoms with Gasteiger partial charge in [-0.15, -0.1) is 11.8 Å². The Kier molecular flexibility index (Phi) is 4.86. The van der Waals surface area contributed by atoms with Crippen LogP contribution >= 0.6 is 11.8 Å². The van der Waals surface area contributed by atoms with Crippen molar-refractivity contribution in [2.75, 3.05) is 12.8 Å². The summed E-state index contributed by atoms with van der Waals surface area (Å²) < 4.78 is 0. The maximum Gasteiger partial charge on any atom is 0.0960 e. The van der Waals surface area contributed by atoms with Crippen LogP contribution in [0.4, 0.5) is 0 Å². The van der Waals surface area contributed by atoms with Gasteiger partial charge in [0.1, 0.15) is 0 Å².